The molecule has 1 atom stereocenters. The third-order valence-corrected chi connectivity index (χ3v) is 2.69. The number of nitrogens with two attached hydrogens (primary N) is 1. The van der Waals surface area contributed by atoms with Gasteiger partial charge in [0.2, 0.25) is 0 Å². The van der Waals surface area contributed by atoms with Gasteiger partial charge < -0.3 is 5.73 Å². The van der Waals surface area contributed by atoms with Crippen LogP contribution in [0, 0.1) is 5.82 Å². The van der Waals surface area contributed by atoms with Gasteiger partial charge in [-0.3, -0.25) is 4.55 Å². The first-order valence-electron chi connectivity index (χ1n) is 4.32. The van der Waals surface area contributed by atoms with Crippen molar-refractivity contribution in [3.63, 3.8) is 0 Å². The minimum absolute atomic E-state index is 0.278. The lowest BCUT2D eigenvalue weighted by atomic mass is 10.1. The van der Waals surface area contributed by atoms with Gasteiger partial charge in [0.25, 0.3) is 10.1 Å². The van der Waals surface area contributed by atoms with Gasteiger partial charge in [-0.25, -0.2) is 4.39 Å². The van der Waals surface area contributed by atoms with Crippen molar-refractivity contribution >= 4 is 10.1 Å². The highest BCUT2D eigenvalue weighted by Crippen LogP contribution is 2.05. The summed E-state index contributed by atoms with van der Waals surface area (Å²) >= 11 is 0. The fourth-order valence-corrected chi connectivity index (χ4v) is 1.91. The molecule has 0 unspecified atom stereocenters. The molecule has 6 heteroatoms. The number of benzene rings is 1. The molecule has 15 heavy (non-hydrogen) atoms. The van der Waals surface area contributed by atoms with Crippen LogP contribution in [0.3, 0.4) is 0 Å². The standard InChI is InChI=1S/C9H12FNO3S/c10-8-3-1-7(2-4-8)5-9(11)6-15(12,13)14/h1-4,9H,5-6,11H2,(H,12,13,14)/t9-/m1/s1. The molecule has 1 rings (SSSR count). The van der Waals surface area contributed by atoms with Crippen LogP contribution in [-0.4, -0.2) is 24.8 Å². The van der Waals surface area contributed by atoms with Gasteiger partial charge in [0.15, 0.2) is 0 Å². The van der Waals surface area contributed by atoms with Crippen molar-refractivity contribution in [2.45, 2.75) is 12.5 Å². The zero-order chi connectivity index (χ0) is 11.5. The van der Waals surface area contributed by atoms with E-state index in [1.54, 1.807) is 0 Å². The lowest BCUT2D eigenvalue weighted by molar-refractivity contribution is 0.476. The van der Waals surface area contributed by atoms with Crippen LogP contribution in [0.15, 0.2) is 24.3 Å². The molecule has 0 aromatic heterocycles. The van der Waals surface area contributed by atoms with Gasteiger partial charge in [0.05, 0.1) is 5.75 Å². The molecule has 0 aliphatic rings. The molecule has 84 valence electrons. The Morgan fingerprint density at radius 2 is 1.87 bits per heavy atom. The van der Waals surface area contributed by atoms with E-state index in [1.807, 2.05) is 0 Å². The molecule has 4 nitrogen and oxygen atoms in total. The lowest BCUT2D eigenvalue weighted by Crippen LogP contribution is -2.31. The van der Waals surface area contributed by atoms with Crippen molar-refractivity contribution in [3.8, 4) is 0 Å². The summed E-state index contributed by atoms with van der Waals surface area (Å²) in [6.07, 6.45) is 0.278. The minimum Gasteiger partial charge on any atom is -0.326 e. The maximum absolute atomic E-state index is 12.5. The highest BCUT2D eigenvalue weighted by Gasteiger charge is 2.13. The van der Waals surface area contributed by atoms with E-state index in [-0.39, 0.29) is 12.2 Å². The first-order chi connectivity index (χ1) is 6.87. The second kappa shape index (κ2) is 4.69. The third kappa shape index (κ3) is 4.87. The molecule has 0 aliphatic heterocycles. The van der Waals surface area contributed by atoms with Gasteiger partial charge in [-0.1, -0.05) is 12.1 Å². The predicted octanol–water partition coefficient (Wildman–Crippen LogP) is 0.583. The molecule has 3 N–H and O–H groups in total. The Balaban J connectivity index is 2.59. The Bertz CT molecular complexity index is 415. The molecule has 0 fully saturated rings. The smallest absolute Gasteiger partial charge is 0.266 e. The molecular formula is C9H12FNO3S. The Morgan fingerprint density at radius 3 is 2.33 bits per heavy atom. The first kappa shape index (κ1) is 12.1. The fourth-order valence-electron chi connectivity index (χ4n) is 1.25. The van der Waals surface area contributed by atoms with E-state index in [4.69, 9.17) is 10.3 Å². The Morgan fingerprint density at radius 1 is 1.33 bits per heavy atom. The molecule has 0 saturated carbocycles. The van der Waals surface area contributed by atoms with Crippen LogP contribution in [0.5, 0.6) is 0 Å². The summed E-state index contributed by atoms with van der Waals surface area (Å²) in [5.41, 5.74) is 6.23. The minimum atomic E-state index is -4.05. The number of rotatable bonds is 4. The van der Waals surface area contributed by atoms with E-state index in [0.717, 1.165) is 5.56 Å². The lowest BCUT2D eigenvalue weighted by Gasteiger charge is -2.09. The largest absolute Gasteiger partial charge is 0.326 e. The zero-order valence-electron chi connectivity index (χ0n) is 7.93. The van der Waals surface area contributed by atoms with Gasteiger partial charge >= 0.3 is 0 Å². The quantitative estimate of drug-likeness (QED) is 0.745. The third-order valence-electron chi connectivity index (χ3n) is 1.84. The van der Waals surface area contributed by atoms with Crippen LogP contribution in [-0.2, 0) is 16.5 Å². The van der Waals surface area contributed by atoms with E-state index in [1.165, 1.54) is 24.3 Å². The van der Waals surface area contributed by atoms with Gasteiger partial charge in [0, 0.05) is 6.04 Å². The molecule has 0 radical (unpaired) electrons. The van der Waals surface area contributed by atoms with Crippen molar-refractivity contribution in [1.82, 2.24) is 0 Å². The Hall–Kier alpha value is -0.980. The van der Waals surface area contributed by atoms with Crippen LogP contribution in [0.1, 0.15) is 5.56 Å². The number of halogens is 1. The normalized spacial score (nSPS) is 13.8. The van der Waals surface area contributed by atoms with Crippen LogP contribution in [0.2, 0.25) is 0 Å². The van der Waals surface area contributed by atoms with Crippen LogP contribution in [0.4, 0.5) is 4.39 Å². The summed E-state index contributed by atoms with van der Waals surface area (Å²) in [6.45, 7) is 0. The van der Waals surface area contributed by atoms with E-state index < -0.39 is 21.9 Å². The van der Waals surface area contributed by atoms with Crippen LogP contribution in [0.25, 0.3) is 0 Å². The van der Waals surface area contributed by atoms with E-state index in [0.29, 0.717) is 0 Å². The monoisotopic (exact) mass is 233 g/mol. The highest BCUT2D eigenvalue weighted by atomic mass is 32.2. The van der Waals surface area contributed by atoms with Crippen LogP contribution >= 0.6 is 0 Å². The predicted molar refractivity (Wildman–Crippen MR) is 54.5 cm³/mol. The Labute approximate surface area is 87.7 Å². The van der Waals surface area contributed by atoms with Crippen molar-refractivity contribution in [2.75, 3.05) is 5.75 Å². The molecule has 0 bridgehead atoms. The van der Waals surface area contributed by atoms with Gasteiger partial charge in [-0.05, 0) is 24.1 Å². The Kier molecular flexibility index (Phi) is 3.78. The molecular weight excluding hydrogens is 221 g/mol. The van der Waals surface area contributed by atoms with Gasteiger partial charge in [-0.2, -0.15) is 8.42 Å². The average Bonchev–Trinajstić information content (AvgIpc) is 2.05. The van der Waals surface area contributed by atoms with Crippen molar-refractivity contribution in [3.05, 3.63) is 35.6 Å². The highest BCUT2D eigenvalue weighted by molar-refractivity contribution is 7.85. The molecule has 1 aromatic rings. The van der Waals surface area contributed by atoms with Crippen molar-refractivity contribution in [1.29, 1.82) is 0 Å². The molecule has 0 spiro atoms. The SMILES string of the molecule is N[C@H](Cc1ccc(F)cc1)CS(=O)(=O)O. The average molecular weight is 233 g/mol. The number of hydrogen-bond donors (Lipinski definition) is 2. The summed E-state index contributed by atoms with van der Waals surface area (Å²) in [5.74, 6) is -0.855. The molecule has 0 heterocycles. The summed E-state index contributed by atoms with van der Waals surface area (Å²) in [7, 11) is -4.05. The van der Waals surface area contributed by atoms with E-state index in [9.17, 15) is 12.8 Å². The molecule has 0 saturated heterocycles. The van der Waals surface area contributed by atoms with Crippen LogP contribution < -0.4 is 5.73 Å². The summed E-state index contributed by atoms with van der Waals surface area (Å²) in [5, 5.41) is 0. The topological polar surface area (TPSA) is 80.4 Å². The zero-order valence-corrected chi connectivity index (χ0v) is 8.74. The number of hydrogen-bond acceptors (Lipinski definition) is 3. The summed E-state index contributed by atoms with van der Waals surface area (Å²) in [4.78, 5) is 0. The van der Waals surface area contributed by atoms with Gasteiger partial charge in [-0.15, -0.1) is 0 Å². The maximum atomic E-state index is 12.5. The fraction of sp³-hybridized carbons (Fsp3) is 0.333. The summed E-state index contributed by atoms with van der Waals surface area (Å²) in [6, 6.07) is 4.91. The second-order valence-corrected chi connectivity index (χ2v) is 4.84. The maximum Gasteiger partial charge on any atom is 0.266 e. The molecule has 0 aliphatic carbocycles. The molecule has 1 aromatic carbocycles. The molecule has 0 amide bonds. The van der Waals surface area contributed by atoms with E-state index in [2.05, 4.69) is 0 Å². The van der Waals surface area contributed by atoms with Crippen molar-refractivity contribution in [2.24, 2.45) is 5.73 Å². The van der Waals surface area contributed by atoms with Gasteiger partial charge in [0.1, 0.15) is 5.82 Å². The second-order valence-electron chi connectivity index (χ2n) is 3.34. The van der Waals surface area contributed by atoms with Crippen molar-refractivity contribution < 1.29 is 17.4 Å². The first-order valence-corrected chi connectivity index (χ1v) is 5.93. The summed E-state index contributed by atoms with van der Waals surface area (Å²) < 4.78 is 42.1. The van der Waals surface area contributed by atoms with E-state index >= 15 is 0 Å².